The van der Waals surface area contributed by atoms with E-state index in [2.05, 4.69) is 10.3 Å². The summed E-state index contributed by atoms with van der Waals surface area (Å²) in [4.78, 5) is 4.26. The summed E-state index contributed by atoms with van der Waals surface area (Å²) in [6.45, 7) is 4.75. The minimum Gasteiger partial charge on any atom is -0.397 e. The minimum atomic E-state index is 0.702. The number of anilines is 2. The molecule has 1 aliphatic heterocycles. The van der Waals surface area contributed by atoms with Crippen molar-refractivity contribution in [3.63, 3.8) is 0 Å². The highest BCUT2D eigenvalue weighted by atomic mass is 16.5. The highest BCUT2D eigenvalue weighted by molar-refractivity contribution is 5.50. The van der Waals surface area contributed by atoms with Gasteiger partial charge in [0, 0.05) is 19.8 Å². The Morgan fingerprint density at radius 1 is 1.50 bits per heavy atom. The molecular formula is C12H19N3O. The lowest BCUT2D eigenvalue weighted by molar-refractivity contribution is 0.0699. The lowest BCUT2D eigenvalue weighted by Crippen LogP contribution is -2.22. The molecule has 1 aromatic heterocycles. The Balaban J connectivity index is 1.86. The fourth-order valence-electron chi connectivity index (χ4n) is 1.86. The smallest absolute Gasteiger partial charge is 0.126 e. The summed E-state index contributed by atoms with van der Waals surface area (Å²) in [5.41, 5.74) is 7.54. The average Bonchev–Trinajstić information content (AvgIpc) is 2.32. The number of nitrogen functional groups attached to an aromatic ring is 1. The Kier molecular flexibility index (Phi) is 3.62. The molecule has 0 atom stereocenters. The SMILES string of the molecule is Cc1cc(NCC2CCOCC2)ncc1N. The number of nitrogens with one attached hydrogen (secondary N) is 1. The zero-order valence-corrected chi connectivity index (χ0v) is 9.70. The predicted molar refractivity (Wildman–Crippen MR) is 65.4 cm³/mol. The Hall–Kier alpha value is -1.29. The number of aromatic nitrogens is 1. The molecule has 0 aliphatic carbocycles. The summed E-state index contributed by atoms with van der Waals surface area (Å²) in [6, 6.07) is 1.99. The quantitative estimate of drug-likeness (QED) is 0.817. The van der Waals surface area contributed by atoms with Crippen molar-refractivity contribution in [2.75, 3.05) is 30.8 Å². The van der Waals surface area contributed by atoms with Gasteiger partial charge >= 0.3 is 0 Å². The van der Waals surface area contributed by atoms with Crippen LogP contribution < -0.4 is 11.1 Å². The topological polar surface area (TPSA) is 60.2 Å². The van der Waals surface area contributed by atoms with Gasteiger partial charge in [-0.05, 0) is 37.3 Å². The number of nitrogens with zero attached hydrogens (tertiary/aromatic N) is 1. The summed E-state index contributed by atoms with van der Waals surface area (Å²) in [7, 11) is 0. The highest BCUT2D eigenvalue weighted by Crippen LogP contribution is 2.17. The number of nitrogens with two attached hydrogens (primary N) is 1. The molecule has 0 unspecified atom stereocenters. The van der Waals surface area contributed by atoms with Crippen LogP contribution in [-0.4, -0.2) is 24.7 Å². The maximum absolute atomic E-state index is 5.72. The van der Waals surface area contributed by atoms with Gasteiger partial charge in [-0.1, -0.05) is 0 Å². The van der Waals surface area contributed by atoms with E-state index in [1.165, 1.54) is 0 Å². The van der Waals surface area contributed by atoms with Gasteiger partial charge in [0.25, 0.3) is 0 Å². The molecule has 0 saturated carbocycles. The van der Waals surface area contributed by atoms with Crippen LogP contribution in [-0.2, 0) is 4.74 Å². The van der Waals surface area contributed by atoms with E-state index in [-0.39, 0.29) is 0 Å². The molecule has 4 heteroatoms. The molecule has 88 valence electrons. The monoisotopic (exact) mass is 221 g/mol. The Bertz CT molecular complexity index is 348. The van der Waals surface area contributed by atoms with Crippen LogP contribution in [0.15, 0.2) is 12.3 Å². The van der Waals surface area contributed by atoms with Crippen molar-refractivity contribution in [3.05, 3.63) is 17.8 Å². The number of hydrogen-bond donors (Lipinski definition) is 2. The standard InChI is InChI=1S/C12H19N3O/c1-9-6-12(15-8-11(9)13)14-7-10-2-4-16-5-3-10/h6,8,10H,2-5,7,13H2,1H3,(H,14,15). The maximum Gasteiger partial charge on any atom is 0.126 e. The number of aryl methyl sites for hydroxylation is 1. The normalized spacial score (nSPS) is 17.3. The molecule has 1 aliphatic rings. The second-order valence-electron chi connectivity index (χ2n) is 4.36. The van der Waals surface area contributed by atoms with E-state index in [1.54, 1.807) is 6.20 Å². The van der Waals surface area contributed by atoms with Gasteiger partial charge in [0.1, 0.15) is 5.82 Å². The molecule has 3 N–H and O–H groups in total. The van der Waals surface area contributed by atoms with Gasteiger partial charge in [-0.2, -0.15) is 0 Å². The zero-order chi connectivity index (χ0) is 11.4. The first kappa shape index (κ1) is 11.2. The van der Waals surface area contributed by atoms with Crippen LogP contribution in [0.1, 0.15) is 18.4 Å². The van der Waals surface area contributed by atoms with Crippen LogP contribution in [0.25, 0.3) is 0 Å². The van der Waals surface area contributed by atoms with E-state index >= 15 is 0 Å². The van der Waals surface area contributed by atoms with Gasteiger partial charge in [0.05, 0.1) is 11.9 Å². The number of ether oxygens (including phenoxy) is 1. The molecule has 0 radical (unpaired) electrons. The van der Waals surface area contributed by atoms with Gasteiger partial charge in [0.15, 0.2) is 0 Å². The van der Waals surface area contributed by atoms with Gasteiger partial charge in [-0.25, -0.2) is 4.98 Å². The fourth-order valence-corrected chi connectivity index (χ4v) is 1.86. The Morgan fingerprint density at radius 3 is 2.94 bits per heavy atom. The van der Waals surface area contributed by atoms with E-state index in [9.17, 15) is 0 Å². The summed E-state index contributed by atoms with van der Waals surface area (Å²) in [5, 5.41) is 3.36. The van der Waals surface area contributed by atoms with Crippen molar-refractivity contribution >= 4 is 11.5 Å². The minimum absolute atomic E-state index is 0.702. The third-order valence-corrected chi connectivity index (χ3v) is 3.06. The molecule has 1 fully saturated rings. The second-order valence-corrected chi connectivity index (χ2v) is 4.36. The van der Waals surface area contributed by atoms with Gasteiger partial charge < -0.3 is 15.8 Å². The summed E-state index contributed by atoms with van der Waals surface area (Å²) in [6.07, 6.45) is 3.99. The molecule has 2 heterocycles. The fraction of sp³-hybridized carbons (Fsp3) is 0.583. The molecule has 2 rings (SSSR count). The van der Waals surface area contributed by atoms with Crippen LogP contribution in [0.3, 0.4) is 0 Å². The largest absolute Gasteiger partial charge is 0.397 e. The van der Waals surface area contributed by atoms with E-state index < -0.39 is 0 Å². The Labute approximate surface area is 96.2 Å². The van der Waals surface area contributed by atoms with Crippen LogP contribution in [0.2, 0.25) is 0 Å². The maximum atomic E-state index is 5.72. The van der Waals surface area contributed by atoms with E-state index in [0.717, 1.165) is 49.7 Å². The Morgan fingerprint density at radius 2 is 2.25 bits per heavy atom. The molecule has 1 saturated heterocycles. The third-order valence-electron chi connectivity index (χ3n) is 3.06. The van der Waals surface area contributed by atoms with Crippen molar-refractivity contribution in [3.8, 4) is 0 Å². The van der Waals surface area contributed by atoms with Gasteiger partial charge in [-0.15, -0.1) is 0 Å². The van der Waals surface area contributed by atoms with Gasteiger partial charge in [0.2, 0.25) is 0 Å². The number of pyridine rings is 1. The van der Waals surface area contributed by atoms with E-state index in [0.29, 0.717) is 5.92 Å². The summed E-state index contributed by atoms with van der Waals surface area (Å²) in [5.74, 6) is 1.62. The molecule has 0 aromatic carbocycles. The van der Waals surface area contributed by atoms with Crippen LogP contribution in [0.5, 0.6) is 0 Å². The van der Waals surface area contributed by atoms with Crippen molar-refractivity contribution < 1.29 is 4.74 Å². The van der Waals surface area contributed by atoms with Crippen LogP contribution >= 0.6 is 0 Å². The second kappa shape index (κ2) is 5.16. The van der Waals surface area contributed by atoms with Gasteiger partial charge in [-0.3, -0.25) is 0 Å². The van der Waals surface area contributed by atoms with Crippen molar-refractivity contribution in [1.29, 1.82) is 0 Å². The lowest BCUT2D eigenvalue weighted by atomic mass is 10.0. The van der Waals surface area contributed by atoms with Crippen molar-refractivity contribution in [2.24, 2.45) is 5.92 Å². The zero-order valence-electron chi connectivity index (χ0n) is 9.70. The molecule has 0 amide bonds. The molecule has 4 nitrogen and oxygen atoms in total. The molecule has 0 spiro atoms. The number of hydrogen-bond acceptors (Lipinski definition) is 4. The molecule has 16 heavy (non-hydrogen) atoms. The third kappa shape index (κ3) is 2.85. The van der Waals surface area contributed by atoms with E-state index in [4.69, 9.17) is 10.5 Å². The van der Waals surface area contributed by atoms with Crippen LogP contribution in [0, 0.1) is 12.8 Å². The number of rotatable bonds is 3. The predicted octanol–water partition coefficient (Wildman–Crippen LogP) is 1.81. The van der Waals surface area contributed by atoms with E-state index in [1.807, 2.05) is 13.0 Å². The van der Waals surface area contributed by atoms with Crippen LogP contribution in [0.4, 0.5) is 11.5 Å². The van der Waals surface area contributed by atoms with Crippen molar-refractivity contribution in [1.82, 2.24) is 4.98 Å². The molecule has 0 bridgehead atoms. The first-order valence-electron chi connectivity index (χ1n) is 5.79. The lowest BCUT2D eigenvalue weighted by Gasteiger charge is -2.22. The summed E-state index contributed by atoms with van der Waals surface area (Å²) >= 11 is 0. The molecule has 1 aromatic rings. The molecular weight excluding hydrogens is 202 g/mol. The summed E-state index contributed by atoms with van der Waals surface area (Å²) < 4.78 is 5.33. The highest BCUT2D eigenvalue weighted by Gasteiger charge is 2.13. The van der Waals surface area contributed by atoms with Crippen molar-refractivity contribution in [2.45, 2.75) is 19.8 Å². The first-order chi connectivity index (χ1) is 7.75. The first-order valence-corrected chi connectivity index (χ1v) is 5.79. The average molecular weight is 221 g/mol.